The van der Waals surface area contributed by atoms with Gasteiger partial charge in [-0.3, -0.25) is 4.55 Å². The quantitative estimate of drug-likeness (QED) is 0.257. The highest BCUT2D eigenvalue weighted by Crippen LogP contribution is 2.48. The monoisotopic (exact) mass is 564 g/mol. The number of aliphatic carboxylic acids is 2. The molecule has 0 saturated heterocycles. The molecule has 0 spiro atoms. The lowest BCUT2D eigenvalue weighted by molar-refractivity contribution is -0.133. The molecule has 5 N–H and O–H groups in total. The molecule has 1 aliphatic rings. The van der Waals surface area contributed by atoms with Crippen molar-refractivity contribution in [2.45, 2.75) is 51.2 Å². The molecular weight excluding hydrogens is 536 g/mol. The molecule has 204 valence electrons. The van der Waals surface area contributed by atoms with Gasteiger partial charge in [0.1, 0.15) is 11.1 Å². The van der Waals surface area contributed by atoms with Crippen molar-refractivity contribution in [3.63, 3.8) is 0 Å². The van der Waals surface area contributed by atoms with Crippen LogP contribution in [0.4, 0.5) is 5.69 Å². The van der Waals surface area contributed by atoms with Gasteiger partial charge in [0.25, 0.3) is 10.1 Å². The molecule has 2 unspecified atom stereocenters. The highest BCUT2D eigenvalue weighted by atomic mass is 35.5. The Morgan fingerprint density at radius 1 is 1.11 bits per heavy atom. The number of anilines is 1. The highest BCUT2D eigenvalue weighted by molar-refractivity contribution is 7.86. The second-order valence-electron chi connectivity index (χ2n) is 8.67. The van der Waals surface area contributed by atoms with Gasteiger partial charge < -0.3 is 25.6 Å². The average molecular weight is 565 g/mol. The van der Waals surface area contributed by atoms with Gasteiger partial charge in [0.05, 0.1) is 28.4 Å². The van der Waals surface area contributed by atoms with Crippen molar-refractivity contribution in [1.29, 1.82) is 0 Å². The number of benzene rings is 2. The molecule has 0 bridgehead atoms. The molecule has 0 fully saturated rings. The molecule has 3 rings (SSSR count). The molecule has 2 aromatic carbocycles. The molecule has 2 aromatic rings. The summed E-state index contributed by atoms with van der Waals surface area (Å²) in [6, 6.07) is 9.12. The van der Waals surface area contributed by atoms with E-state index in [-0.39, 0.29) is 46.3 Å². The zero-order valence-electron chi connectivity index (χ0n) is 21.2. The first-order valence-electron chi connectivity index (χ1n) is 11.7. The molecule has 0 aliphatic carbocycles. The molecule has 12 heteroatoms. The lowest BCUT2D eigenvalue weighted by atomic mass is 9.79. The number of hydrogen-bond acceptors (Lipinski definition) is 7. The standard InChI is InChI=1S/C26H29ClN2O8S/c1-5-15-11-13(3)12-18(38(34,35)36)22(15)29-14(4)19(25(30)31)20(16-9-7-8-10-17(16)27)21(26(32)33)23(29)24(28)37-6-2/h7-12,20,24H,5-6,28H2,1-4H3,(H,30,31)(H,32,33)(H,34,35,36). The Bertz CT molecular complexity index is 1470. The number of aryl methyl sites for hydroxylation is 2. The van der Waals surface area contributed by atoms with Gasteiger partial charge in [0.2, 0.25) is 0 Å². The Balaban J connectivity index is 2.62. The van der Waals surface area contributed by atoms with Crippen molar-refractivity contribution in [2.24, 2.45) is 5.73 Å². The first-order chi connectivity index (χ1) is 17.8. The van der Waals surface area contributed by atoms with Crippen molar-refractivity contribution in [3.05, 3.63) is 80.7 Å². The molecule has 0 saturated carbocycles. The summed E-state index contributed by atoms with van der Waals surface area (Å²) in [5.41, 5.74) is 6.37. The fraction of sp³-hybridized carbons (Fsp3) is 0.308. The van der Waals surface area contributed by atoms with E-state index < -0.39 is 44.7 Å². The van der Waals surface area contributed by atoms with E-state index in [9.17, 15) is 32.8 Å². The summed E-state index contributed by atoms with van der Waals surface area (Å²) in [5, 5.41) is 21.0. The topological polar surface area (TPSA) is 167 Å². The maximum atomic E-state index is 12.9. The fourth-order valence-electron chi connectivity index (χ4n) is 4.82. The molecule has 0 radical (unpaired) electrons. The summed E-state index contributed by atoms with van der Waals surface area (Å²) >= 11 is 6.42. The van der Waals surface area contributed by atoms with E-state index in [1.165, 1.54) is 30.0 Å². The Labute approximate surface area is 225 Å². The number of nitrogens with zero attached hydrogens (tertiary/aromatic N) is 1. The maximum Gasteiger partial charge on any atom is 0.334 e. The summed E-state index contributed by atoms with van der Waals surface area (Å²) in [4.78, 5) is 26.3. The first kappa shape index (κ1) is 29.3. The molecule has 2 atom stereocenters. The van der Waals surface area contributed by atoms with Crippen molar-refractivity contribution in [1.82, 2.24) is 0 Å². The molecule has 1 aliphatic heterocycles. The summed E-state index contributed by atoms with van der Waals surface area (Å²) in [7, 11) is -4.86. The van der Waals surface area contributed by atoms with Gasteiger partial charge in [0, 0.05) is 17.3 Å². The van der Waals surface area contributed by atoms with Gasteiger partial charge >= 0.3 is 11.9 Å². The average Bonchev–Trinajstić information content (AvgIpc) is 2.82. The SMILES string of the molecule is CCOC(N)C1=C(C(=O)O)C(c2ccccc2Cl)C(C(=O)O)=C(C)N1c1c(CC)cc(C)cc1S(=O)(=O)O. The highest BCUT2D eigenvalue weighted by Gasteiger charge is 2.45. The molecule has 0 aromatic heterocycles. The van der Waals surface area contributed by atoms with Crippen LogP contribution in [-0.2, 0) is 30.9 Å². The van der Waals surface area contributed by atoms with Crippen molar-refractivity contribution in [3.8, 4) is 0 Å². The van der Waals surface area contributed by atoms with Gasteiger partial charge in [0.15, 0.2) is 0 Å². The zero-order chi connectivity index (χ0) is 28.5. The van der Waals surface area contributed by atoms with Gasteiger partial charge in [-0.25, -0.2) is 9.59 Å². The van der Waals surface area contributed by atoms with Crippen LogP contribution >= 0.6 is 11.6 Å². The number of nitrogens with two attached hydrogens (primary N) is 1. The van der Waals surface area contributed by atoms with Crippen LogP contribution in [0, 0.1) is 6.92 Å². The van der Waals surface area contributed by atoms with Crippen LogP contribution < -0.4 is 10.6 Å². The number of allylic oxidation sites excluding steroid dienone is 1. The summed E-state index contributed by atoms with van der Waals surface area (Å²) < 4.78 is 40.9. The second kappa shape index (κ2) is 11.3. The second-order valence-corrected chi connectivity index (χ2v) is 10.5. The maximum absolute atomic E-state index is 12.9. The van der Waals surface area contributed by atoms with Crippen LogP contribution in [0.25, 0.3) is 0 Å². The van der Waals surface area contributed by atoms with Gasteiger partial charge in [-0.1, -0.05) is 42.8 Å². The normalized spacial score (nSPS) is 17.1. The van der Waals surface area contributed by atoms with E-state index in [1.54, 1.807) is 39.0 Å². The minimum absolute atomic E-state index is 0.0129. The molecule has 10 nitrogen and oxygen atoms in total. The van der Waals surface area contributed by atoms with Crippen LogP contribution in [0.15, 0.2) is 63.8 Å². The molecular formula is C26H29ClN2O8S. The zero-order valence-corrected chi connectivity index (χ0v) is 22.8. The smallest absolute Gasteiger partial charge is 0.334 e. The Morgan fingerprint density at radius 2 is 1.71 bits per heavy atom. The summed E-state index contributed by atoms with van der Waals surface area (Å²) in [5.74, 6) is -4.32. The lowest BCUT2D eigenvalue weighted by Crippen LogP contribution is -2.44. The first-order valence-corrected chi connectivity index (χ1v) is 13.5. The third-order valence-corrected chi connectivity index (χ3v) is 7.50. The van der Waals surface area contributed by atoms with E-state index in [1.807, 2.05) is 0 Å². The number of carboxylic acid groups (broad SMARTS) is 2. The van der Waals surface area contributed by atoms with Gasteiger partial charge in [-0.2, -0.15) is 8.42 Å². The summed E-state index contributed by atoms with van der Waals surface area (Å²) in [6.07, 6.45) is -1.15. The van der Waals surface area contributed by atoms with Crippen LogP contribution in [0.1, 0.15) is 43.4 Å². The number of halogens is 1. The summed E-state index contributed by atoms with van der Waals surface area (Å²) in [6.45, 7) is 6.49. The van der Waals surface area contributed by atoms with Crippen LogP contribution in [0.2, 0.25) is 5.02 Å². The third kappa shape index (κ3) is 5.33. The van der Waals surface area contributed by atoms with Crippen LogP contribution in [0.3, 0.4) is 0 Å². The van der Waals surface area contributed by atoms with Gasteiger partial charge in [-0.15, -0.1) is 0 Å². The van der Waals surface area contributed by atoms with E-state index in [4.69, 9.17) is 22.1 Å². The number of hydrogen-bond donors (Lipinski definition) is 4. The fourth-order valence-corrected chi connectivity index (χ4v) is 5.87. The minimum Gasteiger partial charge on any atom is -0.478 e. The Morgan fingerprint density at radius 3 is 2.21 bits per heavy atom. The van der Waals surface area contributed by atoms with Crippen LogP contribution in [0.5, 0.6) is 0 Å². The van der Waals surface area contributed by atoms with E-state index in [2.05, 4.69) is 0 Å². The molecule has 0 amide bonds. The number of carboxylic acids is 2. The molecule has 1 heterocycles. The number of carbonyl (C=O) groups is 2. The predicted octanol–water partition coefficient (Wildman–Crippen LogP) is 4.08. The number of ether oxygens (including phenoxy) is 1. The number of rotatable bonds is 9. The van der Waals surface area contributed by atoms with E-state index >= 15 is 0 Å². The Kier molecular flexibility index (Phi) is 8.69. The van der Waals surface area contributed by atoms with Crippen molar-refractivity contribution in [2.75, 3.05) is 11.5 Å². The minimum atomic E-state index is -4.86. The lowest BCUT2D eigenvalue weighted by Gasteiger charge is -2.41. The molecule has 38 heavy (non-hydrogen) atoms. The van der Waals surface area contributed by atoms with Crippen molar-refractivity contribution < 1.29 is 37.5 Å². The Hall–Kier alpha value is -3.22. The largest absolute Gasteiger partial charge is 0.478 e. The third-order valence-electron chi connectivity index (χ3n) is 6.29. The van der Waals surface area contributed by atoms with E-state index in [0.29, 0.717) is 11.1 Å². The van der Waals surface area contributed by atoms with Crippen LogP contribution in [-0.4, -0.2) is 48.0 Å². The van der Waals surface area contributed by atoms with Crippen molar-refractivity contribution >= 4 is 39.3 Å². The van der Waals surface area contributed by atoms with E-state index in [0.717, 1.165) is 0 Å². The predicted molar refractivity (Wildman–Crippen MR) is 142 cm³/mol. The van der Waals surface area contributed by atoms with Gasteiger partial charge in [-0.05, 0) is 56.0 Å².